The molecule has 25 heavy (non-hydrogen) atoms. The molecule has 7 heteroatoms. The number of ether oxygens (including phenoxy) is 1. The SMILES string of the molecule is COc1c(Br)cc(Br)cc1[C@H]1C(C#N)=C(N)N(C)C2=C1C(=O)CCC2. The van der Waals surface area contributed by atoms with Crippen molar-refractivity contribution in [3.8, 4) is 11.8 Å². The standard InChI is InChI=1S/C18H17Br2N3O2/c1-23-13-4-3-5-14(24)16(13)15(11(8-21)18(23)22)10-6-9(19)7-12(20)17(10)25-2/h6-7,15H,3-5,22H2,1-2H3/t15-/m0/s1. The molecule has 1 aliphatic carbocycles. The number of nitrogens with zero attached hydrogens (tertiary/aromatic N) is 2. The Morgan fingerprint density at radius 3 is 2.72 bits per heavy atom. The van der Waals surface area contributed by atoms with Crippen molar-refractivity contribution < 1.29 is 9.53 Å². The predicted molar refractivity (Wildman–Crippen MR) is 102 cm³/mol. The topological polar surface area (TPSA) is 79.3 Å². The van der Waals surface area contributed by atoms with E-state index in [1.807, 2.05) is 19.2 Å². The van der Waals surface area contributed by atoms with Crippen LogP contribution in [0.25, 0.3) is 0 Å². The van der Waals surface area contributed by atoms with Crippen LogP contribution >= 0.6 is 31.9 Å². The van der Waals surface area contributed by atoms with Gasteiger partial charge in [-0.05, 0) is 40.9 Å². The molecule has 0 bridgehead atoms. The highest BCUT2D eigenvalue weighted by Crippen LogP contribution is 2.48. The third-order valence-electron chi connectivity index (χ3n) is 4.72. The van der Waals surface area contributed by atoms with Gasteiger partial charge in [0.15, 0.2) is 5.78 Å². The van der Waals surface area contributed by atoms with Crippen molar-refractivity contribution in [2.24, 2.45) is 5.73 Å². The average molecular weight is 467 g/mol. The van der Waals surface area contributed by atoms with Gasteiger partial charge in [0.05, 0.1) is 29.1 Å². The van der Waals surface area contributed by atoms with Gasteiger partial charge in [-0.1, -0.05) is 15.9 Å². The lowest BCUT2D eigenvalue weighted by Crippen LogP contribution is -2.36. The number of ketones is 1. The van der Waals surface area contributed by atoms with E-state index in [0.29, 0.717) is 29.1 Å². The van der Waals surface area contributed by atoms with E-state index in [4.69, 9.17) is 10.5 Å². The van der Waals surface area contributed by atoms with Crippen LogP contribution in [0.15, 0.2) is 43.7 Å². The molecular formula is C18H17Br2N3O2. The average Bonchev–Trinajstić information content (AvgIpc) is 2.57. The van der Waals surface area contributed by atoms with Gasteiger partial charge in [-0.2, -0.15) is 5.26 Å². The van der Waals surface area contributed by atoms with Gasteiger partial charge in [-0.3, -0.25) is 4.79 Å². The minimum atomic E-state index is -0.521. The van der Waals surface area contributed by atoms with Gasteiger partial charge in [0.1, 0.15) is 11.6 Å². The maximum Gasteiger partial charge on any atom is 0.161 e. The van der Waals surface area contributed by atoms with Crippen LogP contribution in [-0.2, 0) is 4.79 Å². The molecular weight excluding hydrogens is 450 g/mol. The van der Waals surface area contributed by atoms with E-state index in [1.54, 1.807) is 12.0 Å². The van der Waals surface area contributed by atoms with E-state index in [1.165, 1.54) is 0 Å². The maximum absolute atomic E-state index is 12.8. The van der Waals surface area contributed by atoms with Crippen molar-refractivity contribution >= 4 is 37.6 Å². The maximum atomic E-state index is 12.8. The summed E-state index contributed by atoms with van der Waals surface area (Å²) >= 11 is 6.99. The zero-order valence-electron chi connectivity index (χ0n) is 13.9. The van der Waals surface area contributed by atoms with Gasteiger partial charge in [0, 0.05) is 34.8 Å². The van der Waals surface area contributed by atoms with E-state index in [0.717, 1.165) is 33.0 Å². The van der Waals surface area contributed by atoms with Crippen LogP contribution in [-0.4, -0.2) is 24.8 Å². The summed E-state index contributed by atoms with van der Waals surface area (Å²) in [4.78, 5) is 14.6. The highest BCUT2D eigenvalue weighted by Gasteiger charge is 2.40. The molecule has 0 fully saturated rings. The third kappa shape index (κ3) is 2.87. The largest absolute Gasteiger partial charge is 0.495 e. The van der Waals surface area contributed by atoms with Gasteiger partial charge in [-0.25, -0.2) is 0 Å². The molecule has 0 amide bonds. The number of nitriles is 1. The van der Waals surface area contributed by atoms with Crippen molar-refractivity contribution in [1.29, 1.82) is 5.26 Å². The lowest BCUT2D eigenvalue weighted by molar-refractivity contribution is -0.116. The summed E-state index contributed by atoms with van der Waals surface area (Å²) < 4.78 is 7.14. The summed E-state index contributed by atoms with van der Waals surface area (Å²) in [7, 11) is 3.38. The van der Waals surface area contributed by atoms with Crippen molar-refractivity contribution in [3.63, 3.8) is 0 Å². The molecule has 1 atom stereocenters. The number of nitrogens with two attached hydrogens (primary N) is 1. The molecule has 1 aromatic rings. The number of carbonyl (C=O) groups excluding carboxylic acids is 1. The smallest absolute Gasteiger partial charge is 0.161 e. The normalized spacial score (nSPS) is 20.5. The number of benzene rings is 1. The number of hydrogen-bond acceptors (Lipinski definition) is 5. The molecule has 1 aromatic carbocycles. The third-order valence-corrected chi connectivity index (χ3v) is 5.77. The number of allylic oxidation sites excluding steroid dienone is 3. The highest BCUT2D eigenvalue weighted by molar-refractivity contribution is 9.11. The monoisotopic (exact) mass is 465 g/mol. The van der Waals surface area contributed by atoms with E-state index in [9.17, 15) is 10.1 Å². The summed E-state index contributed by atoms with van der Waals surface area (Å²) in [5.74, 6) is 0.534. The van der Waals surface area contributed by atoms with Gasteiger partial charge in [0.25, 0.3) is 0 Å². The van der Waals surface area contributed by atoms with E-state index in [2.05, 4.69) is 37.9 Å². The zero-order valence-corrected chi connectivity index (χ0v) is 17.1. The highest BCUT2D eigenvalue weighted by atomic mass is 79.9. The Balaban J connectivity index is 2.34. The number of carbonyl (C=O) groups is 1. The minimum Gasteiger partial charge on any atom is -0.495 e. The molecule has 0 saturated carbocycles. The minimum absolute atomic E-state index is 0.0662. The Morgan fingerprint density at radius 2 is 2.08 bits per heavy atom. The number of hydrogen-bond donors (Lipinski definition) is 1. The lowest BCUT2D eigenvalue weighted by atomic mass is 9.75. The molecule has 0 saturated heterocycles. The first-order valence-corrected chi connectivity index (χ1v) is 9.41. The second-order valence-corrected chi connectivity index (χ2v) is 7.82. The Kier molecular flexibility index (Phi) is 4.94. The molecule has 0 unspecified atom stereocenters. The lowest BCUT2D eigenvalue weighted by Gasteiger charge is -2.38. The Bertz CT molecular complexity index is 868. The van der Waals surface area contributed by atoms with Gasteiger partial charge in [-0.15, -0.1) is 0 Å². The number of rotatable bonds is 2. The molecule has 1 heterocycles. The fourth-order valence-electron chi connectivity index (χ4n) is 3.58. The fraction of sp³-hybridized carbons (Fsp3) is 0.333. The molecule has 0 aromatic heterocycles. The van der Waals surface area contributed by atoms with Crippen LogP contribution in [0, 0.1) is 11.3 Å². The summed E-state index contributed by atoms with van der Waals surface area (Å²) in [5, 5.41) is 9.78. The molecule has 130 valence electrons. The number of Topliss-reactive ketones (excluding diaryl/α,β-unsaturated/α-hetero) is 1. The predicted octanol–water partition coefficient (Wildman–Crippen LogP) is 3.95. The molecule has 0 spiro atoms. The summed E-state index contributed by atoms with van der Waals surface area (Å²) in [6.07, 6.45) is 2.05. The fourth-order valence-corrected chi connectivity index (χ4v) is 5.00. The zero-order chi connectivity index (χ0) is 18.3. The first kappa shape index (κ1) is 18.0. The van der Waals surface area contributed by atoms with E-state index in [-0.39, 0.29) is 5.78 Å². The molecule has 5 nitrogen and oxygen atoms in total. The van der Waals surface area contributed by atoms with Crippen molar-refractivity contribution in [2.45, 2.75) is 25.2 Å². The van der Waals surface area contributed by atoms with Crippen LogP contribution in [0.3, 0.4) is 0 Å². The van der Waals surface area contributed by atoms with Crippen LogP contribution in [0.2, 0.25) is 0 Å². The Hall–Kier alpha value is -1.78. The molecule has 1 aliphatic heterocycles. The number of methoxy groups -OCH3 is 1. The van der Waals surface area contributed by atoms with Gasteiger partial charge >= 0.3 is 0 Å². The van der Waals surface area contributed by atoms with Crippen molar-refractivity contribution in [1.82, 2.24) is 4.90 Å². The summed E-state index contributed by atoms with van der Waals surface area (Å²) in [6, 6.07) is 5.97. The van der Waals surface area contributed by atoms with Crippen molar-refractivity contribution in [2.75, 3.05) is 14.2 Å². The molecule has 3 rings (SSSR count). The first-order chi connectivity index (χ1) is 11.9. The van der Waals surface area contributed by atoms with Gasteiger partial charge < -0.3 is 15.4 Å². The van der Waals surface area contributed by atoms with Crippen LogP contribution < -0.4 is 10.5 Å². The molecule has 2 aliphatic rings. The van der Waals surface area contributed by atoms with E-state index < -0.39 is 5.92 Å². The number of halogens is 2. The van der Waals surface area contributed by atoms with Gasteiger partial charge in [0.2, 0.25) is 0 Å². The summed E-state index contributed by atoms with van der Waals surface area (Å²) in [6.45, 7) is 0. The van der Waals surface area contributed by atoms with Crippen LogP contribution in [0.5, 0.6) is 5.75 Å². The Morgan fingerprint density at radius 1 is 1.36 bits per heavy atom. The second-order valence-electron chi connectivity index (χ2n) is 6.05. The Labute approximate surface area is 163 Å². The van der Waals surface area contributed by atoms with E-state index >= 15 is 0 Å². The first-order valence-electron chi connectivity index (χ1n) is 7.83. The molecule has 0 radical (unpaired) electrons. The molecule has 2 N–H and O–H groups in total. The van der Waals surface area contributed by atoms with Crippen LogP contribution in [0.1, 0.15) is 30.7 Å². The summed E-state index contributed by atoms with van der Waals surface area (Å²) in [5.41, 5.74) is 8.93. The second kappa shape index (κ2) is 6.85. The van der Waals surface area contributed by atoms with Crippen molar-refractivity contribution in [3.05, 3.63) is 49.3 Å². The quantitative estimate of drug-likeness (QED) is 0.713. The van der Waals surface area contributed by atoms with Crippen LogP contribution in [0.4, 0.5) is 0 Å².